The number of hydrogen-bond acceptors (Lipinski definition) is 5. The number of amides is 1. The van der Waals surface area contributed by atoms with E-state index in [-0.39, 0.29) is 11.5 Å². The lowest BCUT2D eigenvalue weighted by Gasteiger charge is -2.47. The average molecular weight is 374 g/mol. The highest BCUT2D eigenvalue weighted by molar-refractivity contribution is 5.76. The Kier molecular flexibility index (Phi) is 5.28. The molecule has 3 aliphatic rings. The van der Waals surface area contributed by atoms with E-state index in [1.54, 1.807) is 14.2 Å². The normalized spacial score (nSPS) is 25.4. The average Bonchev–Trinajstić information content (AvgIpc) is 2.92. The van der Waals surface area contributed by atoms with Gasteiger partial charge in [0.1, 0.15) is 0 Å². The summed E-state index contributed by atoms with van der Waals surface area (Å²) >= 11 is 0. The molecule has 1 unspecified atom stereocenters. The summed E-state index contributed by atoms with van der Waals surface area (Å²) in [5.74, 6) is 1.76. The largest absolute Gasteiger partial charge is 0.493 e. The molecule has 2 fully saturated rings. The molecule has 1 atom stereocenters. The predicted octanol–water partition coefficient (Wildman–Crippen LogP) is 2.24. The summed E-state index contributed by atoms with van der Waals surface area (Å²) in [5, 5.41) is 2.99. The summed E-state index contributed by atoms with van der Waals surface area (Å²) in [5.41, 5.74) is 2.36. The quantitative estimate of drug-likeness (QED) is 0.879. The maximum atomic E-state index is 11.6. The summed E-state index contributed by atoms with van der Waals surface area (Å²) < 4.78 is 17.4. The maximum Gasteiger partial charge on any atom is 0.220 e. The summed E-state index contributed by atoms with van der Waals surface area (Å²) in [6.45, 7) is 3.56. The van der Waals surface area contributed by atoms with Crippen LogP contribution >= 0.6 is 0 Å². The lowest BCUT2D eigenvalue weighted by atomic mass is 9.78. The Balaban J connectivity index is 1.52. The number of fused-ring (bicyclic) bond motifs is 2. The van der Waals surface area contributed by atoms with Crippen molar-refractivity contribution in [3.63, 3.8) is 0 Å². The first-order valence-corrected chi connectivity index (χ1v) is 10.1. The standard InChI is InChI=1S/C21H30N2O4/c1-25-18-13-15-6-12-27-21(17(15)14-19(18)26-2)7-10-23(11-8-21)16-3-4-20(24)22-9-5-16/h13-14,16H,3-12H2,1-2H3,(H,22,24). The Morgan fingerprint density at radius 2 is 1.85 bits per heavy atom. The SMILES string of the molecule is COc1cc2c(cc1OC)C1(CCN(C3CCNC(=O)CC3)CC1)OCC2. The molecule has 6 nitrogen and oxygen atoms in total. The highest BCUT2D eigenvalue weighted by atomic mass is 16.5. The van der Waals surface area contributed by atoms with E-state index in [9.17, 15) is 4.79 Å². The van der Waals surface area contributed by atoms with Gasteiger partial charge in [0.2, 0.25) is 5.91 Å². The molecular formula is C21H30N2O4. The van der Waals surface area contributed by atoms with Gasteiger partial charge in [0.15, 0.2) is 11.5 Å². The van der Waals surface area contributed by atoms with Gasteiger partial charge >= 0.3 is 0 Å². The van der Waals surface area contributed by atoms with Gasteiger partial charge in [-0.15, -0.1) is 0 Å². The zero-order valence-electron chi connectivity index (χ0n) is 16.4. The van der Waals surface area contributed by atoms with Gasteiger partial charge in [-0.05, 0) is 55.4 Å². The molecule has 27 heavy (non-hydrogen) atoms. The Morgan fingerprint density at radius 1 is 1.11 bits per heavy atom. The van der Waals surface area contributed by atoms with Gasteiger partial charge < -0.3 is 24.4 Å². The van der Waals surface area contributed by atoms with E-state index >= 15 is 0 Å². The highest BCUT2D eigenvalue weighted by Crippen LogP contribution is 2.45. The number of rotatable bonds is 3. The first-order chi connectivity index (χ1) is 13.1. The number of likely N-dealkylation sites (tertiary alicyclic amines) is 1. The van der Waals surface area contributed by atoms with E-state index in [4.69, 9.17) is 14.2 Å². The van der Waals surface area contributed by atoms with Crippen molar-refractivity contribution in [1.29, 1.82) is 0 Å². The zero-order chi connectivity index (χ0) is 18.9. The Labute approximate surface area is 161 Å². The van der Waals surface area contributed by atoms with Crippen molar-refractivity contribution >= 4 is 5.91 Å². The Hall–Kier alpha value is -1.79. The van der Waals surface area contributed by atoms with Crippen molar-refractivity contribution in [1.82, 2.24) is 10.2 Å². The third-order valence-corrected chi connectivity index (χ3v) is 6.48. The van der Waals surface area contributed by atoms with Crippen molar-refractivity contribution in [3.8, 4) is 11.5 Å². The van der Waals surface area contributed by atoms with Crippen molar-refractivity contribution in [2.75, 3.05) is 40.5 Å². The molecule has 1 N–H and O–H groups in total. The second-order valence-corrected chi connectivity index (χ2v) is 7.82. The third kappa shape index (κ3) is 3.52. The lowest BCUT2D eigenvalue weighted by Crippen LogP contribution is -2.49. The number of ether oxygens (including phenoxy) is 3. The number of nitrogens with one attached hydrogen (secondary N) is 1. The van der Waals surface area contributed by atoms with Gasteiger partial charge in [-0.3, -0.25) is 4.79 Å². The first-order valence-electron chi connectivity index (χ1n) is 10.1. The molecule has 2 saturated heterocycles. The molecule has 3 aliphatic heterocycles. The van der Waals surface area contributed by atoms with Crippen LogP contribution in [0.25, 0.3) is 0 Å². The van der Waals surface area contributed by atoms with Crippen molar-refractivity contribution in [2.24, 2.45) is 0 Å². The minimum Gasteiger partial charge on any atom is -0.493 e. The Morgan fingerprint density at radius 3 is 2.59 bits per heavy atom. The molecule has 1 aromatic carbocycles. The number of carbonyl (C=O) groups excluding carboxylic acids is 1. The zero-order valence-corrected chi connectivity index (χ0v) is 16.4. The predicted molar refractivity (Wildman–Crippen MR) is 102 cm³/mol. The van der Waals surface area contributed by atoms with E-state index in [0.29, 0.717) is 12.5 Å². The number of hydrogen-bond donors (Lipinski definition) is 1. The van der Waals surface area contributed by atoms with Crippen LogP contribution in [0.2, 0.25) is 0 Å². The lowest BCUT2D eigenvalue weighted by molar-refractivity contribution is -0.121. The summed E-state index contributed by atoms with van der Waals surface area (Å²) in [4.78, 5) is 14.2. The van der Waals surface area contributed by atoms with Gasteiger partial charge in [0.25, 0.3) is 0 Å². The minimum atomic E-state index is -0.220. The number of methoxy groups -OCH3 is 2. The van der Waals surface area contributed by atoms with Gasteiger partial charge in [-0.1, -0.05) is 0 Å². The fraction of sp³-hybridized carbons (Fsp3) is 0.667. The van der Waals surface area contributed by atoms with Gasteiger partial charge in [0, 0.05) is 32.1 Å². The fourth-order valence-electron chi connectivity index (χ4n) is 4.92. The molecule has 4 rings (SSSR count). The van der Waals surface area contributed by atoms with Crippen molar-refractivity contribution in [3.05, 3.63) is 23.3 Å². The Bertz CT molecular complexity index is 698. The van der Waals surface area contributed by atoms with Gasteiger partial charge in [0.05, 0.1) is 26.4 Å². The van der Waals surface area contributed by atoms with E-state index < -0.39 is 0 Å². The molecule has 0 saturated carbocycles. The number of benzene rings is 1. The van der Waals surface area contributed by atoms with E-state index in [0.717, 1.165) is 69.8 Å². The van der Waals surface area contributed by atoms with E-state index in [1.165, 1.54) is 11.1 Å². The van der Waals surface area contributed by atoms with Gasteiger partial charge in [-0.2, -0.15) is 0 Å². The van der Waals surface area contributed by atoms with Crippen LogP contribution in [0.5, 0.6) is 11.5 Å². The summed E-state index contributed by atoms with van der Waals surface area (Å²) in [7, 11) is 3.37. The fourth-order valence-corrected chi connectivity index (χ4v) is 4.92. The molecule has 1 aromatic rings. The van der Waals surface area contributed by atoms with Crippen LogP contribution in [0.1, 0.15) is 43.2 Å². The van der Waals surface area contributed by atoms with Crippen LogP contribution in [0, 0.1) is 0 Å². The molecule has 1 spiro atoms. The number of piperidine rings is 1. The third-order valence-electron chi connectivity index (χ3n) is 6.48. The van der Waals surface area contributed by atoms with Crippen molar-refractivity contribution < 1.29 is 19.0 Å². The second kappa shape index (κ2) is 7.68. The smallest absolute Gasteiger partial charge is 0.220 e. The molecule has 0 aliphatic carbocycles. The van der Waals surface area contributed by atoms with Crippen LogP contribution in [0.15, 0.2) is 12.1 Å². The molecular weight excluding hydrogens is 344 g/mol. The monoisotopic (exact) mass is 374 g/mol. The van der Waals surface area contributed by atoms with Crippen LogP contribution in [-0.4, -0.2) is 57.3 Å². The maximum absolute atomic E-state index is 11.6. The van der Waals surface area contributed by atoms with E-state index in [2.05, 4.69) is 22.3 Å². The number of nitrogens with zero attached hydrogens (tertiary/aromatic N) is 1. The summed E-state index contributed by atoms with van der Waals surface area (Å²) in [6, 6.07) is 4.74. The van der Waals surface area contributed by atoms with E-state index in [1.807, 2.05) is 0 Å². The summed E-state index contributed by atoms with van der Waals surface area (Å²) in [6.07, 6.45) is 5.52. The van der Waals surface area contributed by atoms with Crippen LogP contribution in [0.4, 0.5) is 0 Å². The molecule has 0 radical (unpaired) electrons. The first kappa shape index (κ1) is 18.6. The van der Waals surface area contributed by atoms with Gasteiger partial charge in [-0.25, -0.2) is 0 Å². The topological polar surface area (TPSA) is 60.0 Å². The van der Waals surface area contributed by atoms with Crippen molar-refractivity contribution in [2.45, 2.75) is 50.2 Å². The molecule has 3 heterocycles. The van der Waals surface area contributed by atoms with Crippen LogP contribution < -0.4 is 14.8 Å². The molecule has 0 bridgehead atoms. The van der Waals surface area contributed by atoms with Crippen LogP contribution in [-0.2, 0) is 21.6 Å². The number of carbonyl (C=O) groups is 1. The molecule has 148 valence electrons. The van der Waals surface area contributed by atoms with Crippen LogP contribution in [0.3, 0.4) is 0 Å². The molecule has 6 heteroatoms. The highest BCUT2D eigenvalue weighted by Gasteiger charge is 2.42. The second-order valence-electron chi connectivity index (χ2n) is 7.82. The minimum absolute atomic E-state index is 0.191. The molecule has 1 amide bonds. The molecule has 0 aromatic heterocycles.